The lowest BCUT2D eigenvalue weighted by atomic mass is 10.3. The van der Waals surface area contributed by atoms with Crippen molar-refractivity contribution in [1.82, 2.24) is 15.1 Å². The van der Waals surface area contributed by atoms with Crippen molar-refractivity contribution >= 4 is 11.8 Å². The molecule has 0 amide bonds. The molecule has 0 aliphatic carbocycles. The van der Waals surface area contributed by atoms with E-state index in [-0.39, 0.29) is 0 Å². The van der Waals surface area contributed by atoms with Crippen molar-refractivity contribution in [2.45, 2.75) is 31.3 Å². The topological polar surface area (TPSA) is 78.5 Å². The Balaban J connectivity index is 2.04. The van der Waals surface area contributed by atoms with Gasteiger partial charge in [-0.25, -0.2) is 0 Å². The van der Waals surface area contributed by atoms with E-state index in [4.69, 9.17) is 9.78 Å². The zero-order valence-corrected chi connectivity index (χ0v) is 11.1. The highest BCUT2D eigenvalue weighted by Gasteiger charge is 2.11. The molecule has 0 aliphatic rings. The smallest absolute Gasteiger partial charge is 0.259 e. The number of nitrogens with zero attached hydrogens (tertiary/aromatic N) is 3. The molecule has 1 N–H and O–H groups in total. The van der Waals surface area contributed by atoms with E-state index < -0.39 is 0 Å². The van der Waals surface area contributed by atoms with Gasteiger partial charge in [0, 0.05) is 11.4 Å². The van der Waals surface area contributed by atoms with Gasteiger partial charge in [0.2, 0.25) is 0 Å². The maximum absolute atomic E-state index is 8.72. The number of H-pyrrole nitrogens is 1. The summed E-state index contributed by atoms with van der Waals surface area (Å²) in [6.07, 6.45) is 2.82. The molecule has 0 saturated carbocycles. The summed E-state index contributed by atoms with van der Waals surface area (Å²) in [6.45, 7) is 4.33. The molecule has 0 aromatic carbocycles. The number of aromatic nitrogens is 3. The lowest BCUT2D eigenvalue weighted by molar-refractivity contribution is 0.425. The predicted molar refractivity (Wildman–Crippen MR) is 69.8 cm³/mol. The van der Waals surface area contributed by atoms with Gasteiger partial charge in [0.25, 0.3) is 5.89 Å². The monoisotopic (exact) mass is 262 g/mol. The molecule has 6 heteroatoms. The zero-order valence-electron chi connectivity index (χ0n) is 10.3. The maximum atomic E-state index is 8.72. The molecule has 0 aliphatic heterocycles. The average Bonchev–Trinajstić information content (AvgIpc) is 3.03. The van der Waals surface area contributed by atoms with Gasteiger partial charge >= 0.3 is 0 Å². The van der Waals surface area contributed by atoms with Gasteiger partial charge in [-0.05, 0) is 12.5 Å². The van der Waals surface area contributed by atoms with Crippen molar-refractivity contribution < 1.29 is 4.52 Å². The van der Waals surface area contributed by atoms with Crippen LogP contribution in [0.25, 0.3) is 11.5 Å². The van der Waals surface area contributed by atoms with E-state index in [1.54, 1.807) is 24.0 Å². The third kappa shape index (κ3) is 2.93. The van der Waals surface area contributed by atoms with Gasteiger partial charge in [-0.3, -0.25) is 0 Å². The second kappa shape index (κ2) is 5.74. The molecule has 18 heavy (non-hydrogen) atoms. The van der Waals surface area contributed by atoms with Crippen LogP contribution in [0.2, 0.25) is 0 Å². The Morgan fingerprint density at radius 2 is 2.44 bits per heavy atom. The van der Waals surface area contributed by atoms with Crippen molar-refractivity contribution in [3.8, 4) is 17.5 Å². The highest BCUT2D eigenvalue weighted by molar-refractivity contribution is 7.99. The number of hydrogen-bond donors (Lipinski definition) is 1. The first-order valence-corrected chi connectivity index (χ1v) is 6.81. The summed E-state index contributed by atoms with van der Waals surface area (Å²) >= 11 is 1.80. The van der Waals surface area contributed by atoms with Crippen LogP contribution in [0, 0.1) is 11.3 Å². The Hall–Kier alpha value is -1.74. The quantitative estimate of drug-likeness (QED) is 0.896. The summed E-state index contributed by atoms with van der Waals surface area (Å²) in [5.41, 5.74) is 1.23. The van der Waals surface area contributed by atoms with Crippen LogP contribution < -0.4 is 0 Å². The summed E-state index contributed by atoms with van der Waals surface area (Å²) in [7, 11) is 0. The first kappa shape index (κ1) is 12.7. The normalized spacial score (nSPS) is 12.3. The third-order valence-electron chi connectivity index (χ3n) is 2.59. The van der Waals surface area contributed by atoms with Crippen molar-refractivity contribution in [3.63, 3.8) is 0 Å². The van der Waals surface area contributed by atoms with Crippen LogP contribution in [0.15, 0.2) is 16.8 Å². The third-order valence-corrected chi connectivity index (χ3v) is 3.92. The Morgan fingerprint density at radius 3 is 3.11 bits per heavy atom. The van der Waals surface area contributed by atoms with Crippen LogP contribution in [0.5, 0.6) is 0 Å². The van der Waals surface area contributed by atoms with Crippen LogP contribution >= 0.6 is 11.8 Å². The number of aromatic amines is 1. The van der Waals surface area contributed by atoms with Crippen LogP contribution in [0.4, 0.5) is 0 Å². The summed E-state index contributed by atoms with van der Waals surface area (Å²) in [4.78, 5) is 7.13. The second-order valence-corrected chi connectivity index (χ2v) is 5.39. The average molecular weight is 262 g/mol. The molecule has 1 atom stereocenters. The first-order chi connectivity index (χ1) is 8.72. The molecule has 2 heterocycles. The van der Waals surface area contributed by atoms with E-state index in [9.17, 15) is 0 Å². The van der Waals surface area contributed by atoms with Crippen molar-refractivity contribution in [2.24, 2.45) is 0 Å². The molecular formula is C12H14N4OS. The van der Waals surface area contributed by atoms with E-state index in [0.717, 1.165) is 17.7 Å². The molecule has 0 fully saturated rings. The van der Waals surface area contributed by atoms with E-state index in [2.05, 4.69) is 29.0 Å². The molecule has 2 aromatic heterocycles. The van der Waals surface area contributed by atoms with Gasteiger partial charge < -0.3 is 9.51 Å². The number of nitriles is 1. The van der Waals surface area contributed by atoms with Crippen LogP contribution in [-0.4, -0.2) is 20.4 Å². The molecule has 5 nitrogen and oxygen atoms in total. The SMILES string of the molecule is CCC(C)SCc1noc(-c2c[nH]c(C#N)c2)n1. The van der Waals surface area contributed by atoms with E-state index in [1.165, 1.54) is 0 Å². The first-order valence-electron chi connectivity index (χ1n) is 5.76. The van der Waals surface area contributed by atoms with Crippen molar-refractivity contribution in [2.75, 3.05) is 0 Å². The molecular weight excluding hydrogens is 248 g/mol. The van der Waals surface area contributed by atoms with Gasteiger partial charge in [-0.15, -0.1) is 0 Å². The summed E-state index contributed by atoms with van der Waals surface area (Å²) < 4.78 is 5.17. The molecule has 2 rings (SSSR count). The lowest BCUT2D eigenvalue weighted by Crippen LogP contribution is -1.94. The molecule has 94 valence electrons. The molecule has 1 unspecified atom stereocenters. The lowest BCUT2D eigenvalue weighted by Gasteiger charge is -2.04. The predicted octanol–water partition coefficient (Wildman–Crippen LogP) is 2.97. The zero-order chi connectivity index (χ0) is 13.0. The highest BCUT2D eigenvalue weighted by atomic mass is 32.2. The van der Waals surface area contributed by atoms with Crippen LogP contribution in [0.3, 0.4) is 0 Å². The van der Waals surface area contributed by atoms with Crippen molar-refractivity contribution in [3.05, 3.63) is 23.8 Å². The minimum Gasteiger partial charge on any atom is -0.352 e. The fourth-order valence-electron chi connectivity index (χ4n) is 1.35. The Labute approximate surface area is 110 Å². The summed E-state index contributed by atoms with van der Waals surface area (Å²) in [5, 5.41) is 13.2. The highest BCUT2D eigenvalue weighted by Crippen LogP contribution is 2.21. The molecule has 0 radical (unpaired) electrons. The minimum absolute atomic E-state index is 0.451. The van der Waals surface area contributed by atoms with Gasteiger partial charge in [0.15, 0.2) is 5.82 Å². The van der Waals surface area contributed by atoms with E-state index >= 15 is 0 Å². The van der Waals surface area contributed by atoms with Gasteiger partial charge in [-0.1, -0.05) is 19.0 Å². The second-order valence-electron chi connectivity index (χ2n) is 3.96. The van der Waals surface area contributed by atoms with E-state index in [1.807, 2.05) is 6.07 Å². The number of hydrogen-bond acceptors (Lipinski definition) is 5. The molecule has 0 saturated heterocycles. The minimum atomic E-state index is 0.451. The standard InChI is InChI=1S/C12H14N4OS/c1-3-8(2)18-7-11-15-12(17-16-11)9-4-10(5-13)14-6-9/h4,6,8,14H,3,7H2,1-2H3. The van der Waals surface area contributed by atoms with Gasteiger partial charge in [0.1, 0.15) is 11.8 Å². The largest absolute Gasteiger partial charge is 0.352 e. The van der Waals surface area contributed by atoms with Gasteiger partial charge in [-0.2, -0.15) is 22.0 Å². The molecule has 0 spiro atoms. The summed E-state index contributed by atoms with van der Waals surface area (Å²) in [5.74, 6) is 1.89. The number of nitrogens with one attached hydrogen (secondary N) is 1. The van der Waals surface area contributed by atoms with Crippen LogP contribution in [0.1, 0.15) is 31.8 Å². The fraction of sp³-hybridized carbons (Fsp3) is 0.417. The molecule has 0 bridgehead atoms. The van der Waals surface area contributed by atoms with Crippen LogP contribution in [-0.2, 0) is 5.75 Å². The number of rotatable bonds is 5. The fourth-order valence-corrected chi connectivity index (χ4v) is 2.13. The maximum Gasteiger partial charge on any atom is 0.259 e. The Kier molecular flexibility index (Phi) is 4.05. The summed E-state index contributed by atoms with van der Waals surface area (Å²) in [6, 6.07) is 3.72. The Bertz CT molecular complexity index is 554. The van der Waals surface area contributed by atoms with Gasteiger partial charge in [0.05, 0.1) is 11.3 Å². The number of thioether (sulfide) groups is 1. The molecule has 2 aromatic rings. The van der Waals surface area contributed by atoms with Crippen molar-refractivity contribution in [1.29, 1.82) is 5.26 Å². The Morgan fingerprint density at radius 1 is 1.61 bits per heavy atom. The van der Waals surface area contributed by atoms with E-state index in [0.29, 0.717) is 22.7 Å².